The second-order valence-electron chi connectivity index (χ2n) is 19.6. The number of hydrogen-bond donors (Lipinski definition) is 21. The van der Waals surface area contributed by atoms with Gasteiger partial charge in [0, 0.05) is 0 Å². The van der Waals surface area contributed by atoms with E-state index < -0.39 is 36.6 Å². The molecule has 0 fully saturated rings. The Hall–Kier alpha value is -9.90. The average molecular weight is 1340 g/mol. The number of guanidine groups is 6. The molecule has 0 spiro atoms. The van der Waals surface area contributed by atoms with E-state index in [1.165, 1.54) is 18.2 Å². The topological polar surface area (TPSA) is 568 Å². The number of aliphatic hydroxyl groups is 6. The van der Waals surface area contributed by atoms with Crippen LogP contribution in [0.2, 0.25) is 0 Å². The number of aryl methyl sites for hydroxylation is 6. The predicted octanol–water partition coefficient (Wildman–Crippen LogP) is 6.02. The highest BCUT2D eigenvalue weighted by Gasteiger charge is 2.13. The van der Waals surface area contributed by atoms with Crippen molar-refractivity contribution in [3.05, 3.63) is 194 Å². The minimum Gasteiger partial charge on any atom is -0.508 e. The average Bonchev–Trinajstić information content (AvgIpc) is 0.982. The monoisotopic (exact) mass is 1330 g/mol. The lowest BCUT2D eigenvalue weighted by Crippen LogP contribution is -2.23. The van der Waals surface area contributed by atoms with Crippen LogP contribution in [-0.2, 0) is 0 Å². The summed E-state index contributed by atoms with van der Waals surface area (Å²) >= 11 is 0. The van der Waals surface area contributed by atoms with Gasteiger partial charge in [0.05, 0.1) is 75.9 Å². The number of hydrogen-bond acceptors (Lipinski definition) is 15. The first-order valence-electron chi connectivity index (χ1n) is 26.8. The number of rotatable bonds is 18. The van der Waals surface area contributed by atoms with Crippen molar-refractivity contribution in [1.82, 2.24) is 0 Å². The van der Waals surface area contributed by atoms with Gasteiger partial charge in [-0.2, -0.15) is 0 Å². The summed E-state index contributed by atoms with van der Waals surface area (Å²) in [6.45, 7) is 12.2. The van der Waals surface area contributed by atoms with Crippen LogP contribution in [0.4, 0.5) is 0 Å². The van der Waals surface area contributed by atoms with Crippen molar-refractivity contribution < 1.29 is 46.0 Å². The molecule has 0 aliphatic heterocycles. The number of aliphatic imine (C=N–C) groups is 6. The third-order valence-electron chi connectivity index (χ3n) is 11.8. The van der Waals surface area contributed by atoms with E-state index in [4.69, 9.17) is 68.8 Å². The molecule has 0 bridgehead atoms. The smallest absolute Gasteiger partial charge is 0.186 e. The third-order valence-corrected chi connectivity index (χ3v) is 11.8. The zero-order valence-corrected chi connectivity index (χ0v) is 50.0. The summed E-state index contributed by atoms with van der Waals surface area (Å²) in [5, 5.41) is 86.2. The minimum absolute atomic E-state index is 0. The fourth-order valence-corrected chi connectivity index (χ4v) is 7.20. The minimum atomic E-state index is -0.807. The first kappa shape index (κ1) is 101. The highest BCUT2D eigenvalue weighted by Crippen LogP contribution is 2.25. The van der Waals surface area contributed by atoms with Crippen LogP contribution in [0.3, 0.4) is 0 Å². The molecule has 0 amide bonds. The molecule has 0 aromatic heterocycles. The van der Waals surface area contributed by atoms with Gasteiger partial charge in [0.15, 0.2) is 35.8 Å². The molecule has 0 aliphatic rings. The first-order chi connectivity index (χ1) is 40.8. The zero-order chi connectivity index (χ0) is 65.9. The van der Waals surface area contributed by atoms with E-state index in [0.29, 0.717) is 16.7 Å². The number of phenolic OH excluding ortho intramolecular Hbond substituents is 3. The van der Waals surface area contributed by atoms with Gasteiger partial charge in [-0.15, -0.1) is 0 Å². The van der Waals surface area contributed by atoms with Crippen LogP contribution in [-0.4, -0.2) is 121 Å². The van der Waals surface area contributed by atoms with Crippen molar-refractivity contribution in [2.75, 3.05) is 39.3 Å². The highest BCUT2D eigenvalue weighted by atomic mass is 16.3. The van der Waals surface area contributed by atoms with Crippen molar-refractivity contribution in [3.63, 3.8) is 0 Å². The van der Waals surface area contributed by atoms with E-state index in [1.807, 2.05) is 107 Å². The van der Waals surface area contributed by atoms with Gasteiger partial charge in [-0.05, 0) is 128 Å². The number of benzene rings is 6. The third kappa shape index (κ3) is 44.3. The van der Waals surface area contributed by atoms with Crippen molar-refractivity contribution in [2.24, 2.45) is 98.8 Å². The molecule has 6 atom stereocenters. The largest absolute Gasteiger partial charge is 0.508 e. The molecule has 0 heterocycles. The van der Waals surface area contributed by atoms with Gasteiger partial charge in [-0.1, -0.05) is 168 Å². The van der Waals surface area contributed by atoms with Gasteiger partial charge in [-0.25, -0.2) is 0 Å². The van der Waals surface area contributed by atoms with E-state index in [9.17, 15) is 46.0 Å². The van der Waals surface area contributed by atoms with Crippen LogP contribution < -0.4 is 68.8 Å². The van der Waals surface area contributed by atoms with E-state index in [2.05, 4.69) is 30.0 Å². The molecule has 27 heteroatoms. The van der Waals surface area contributed by atoms with E-state index in [0.717, 1.165) is 50.1 Å². The second-order valence-corrected chi connectivity index (χ2v) is 19.6. The van der Waals surface area contributed by atoms with Gasteiger partial charge < -0.3 is 115 Å². The Morgan fingerprint density at radius 2 is 0.632 bits per heavy atom. The first-order valence-corrected chi connectivity index (χ1v) is 26.8. The maximum Gasteiger partial charge on any atom is 0.186 e. The SMILES string of the molecule is C.C.C.C.C.C.C.C.Cc1cc(O)cc([C@@H](O)CN=C(N)N)c1.Cc1ccc(O)cc1[C@@H](O)CN=C(N)N.Cc1ccc([C@@H](O)CN=C(N)N)cc1.Cc1ccc([C@@H](O)CN=C(N)N)cc1O.Cc1cccc([C@@H](O)CN=C(N)N)c1.Cc1ccccc1[C@@H](O)CN=C(N)N. The Morgan fingerprint density at radius 1 is 0.284 bits per heavy atom. The fourth-order valence-electron chi connectivity index (χ4n) is 7.20. The molecular weight excluding hydrogens is 1210 g/mol. The lowest BCUT2D eigenvalue weighted by atomic mass is 10.0. The molecule has 6 aromatic carbocycles. The second kappa shape index (κ2) is 53.6. The van der Waals surface area contributed by atoms with Crippen molar-refractivity contribution in [1.29, 1.82) is 0 Å². The quantitative estimate of drug-likeness (QED) is 0.0345. The molecule has 0 saturated heterocycles. The molecule has 27 nitrogen and oxygen atoms in total. The summed E-state index contributed by atoms with van der Waals surface area (Å²) in [5.41, 5.74) is 72.0. The summed E-state index contributed by atoms with van der Waals surface area (Å²) in [7, 11) is 0. The van der Waals surface area contributed by atoms with E-state index >= 15 is 0 Å². The van der Waals surface area contributed by atoms with E-state index in [1.54, 1.807) is 43.3 Å². The summed E-state index contributed by atoms with van der Waals surface area (Å²) in [4.78, 5) is 22.4. The summed E-state index contributed by atoms with van der Waals surface area (Å²) in [6, 6.07) is 37.4. The summed E-state index contributed by atoms with van der Waals surface area (Å²) in [5.74, 6) is 0.179. The lowest BCUT2D eigenvalue weighted by Gasteiger charge is -2.11. The Bertz CT molecular complexity index is 3170. The lowest BCUT2D eigenvalue weighted by molar-refractivity contribution is 0.186. The van der Waals surface area contributed by atoms with Crippen LogP contribution in [0.1, 0.15) is 163 Å². The van der Waals surface area contributed by atoms with Crippen LogP contribution >= 0.6 is 0 Å². The molecule has 6 rings (SSSR count). The molecule has 0 aliphatic carbocycles. The van der Waals surface area contributed by atoms with Crippen molar-refractivity contribution in [2.45, 2.75) is 138 Å². The molecule has 95 heavy (non-hydrogen) atoms. The van der Waals surface area contributed by atoms with Gasteiger partial charge >= 0.3 is 0 Å². The van der Waals surface area contributed by atoms with Crippen LogP contribution in [0.5, 0.6) is 17.2 Å². The number of aliphatic hydroxyl groups excluding tert-OH is 6. The summed E-state index contributed by atoms with van der Waals surface area (Å²) < 4.78 is 0. The molecular formula is C68H122N18O9. The Labute approximate surface area is 566 Å². The van der Waals surface area contributed by atoms with Crippen LogP contribution in [0, 0.1) is 41.5 Å². The van der Waals surface area contributed by atoms with Crippen molar-refractivity contribution in [3.8, 4) is 17.2 Å². The number of nitrogens with two attached hydrogens (primary N) is 12. The Kier molecular flexibility index (Phi) is 57.1. The van der Waals surface area contributed by atoms with Crippen molar-refractivity contribution >= 4 is 35.8 Å². The van der Waals surface area contributed by atoms with Gasteiger partial charge in [0.1, 0.15) is 17.2 Å². The van der Waals surface area contributed by atoms with Gasteiger partial charge in [0.2, 0.25) is 0 Å². The van der Waals surface area contributed by atoms with E-state index in [-0.39, 0.29) is 152 Å². The maximum atomic E-state index is 9.75. The number of aromatic hydroxyl groups is 3. The highest BCUT2D eigenvalue weighted by molar-refractivity contribution is 5.77. The van der Waals surface area contributed by atoms with Gasteiger partial charge in [-0.3, -0.25) is 30.0 Å². The normalized spacial score (nSPS) is 11.1. The number of phenols is 3. The molecule has 538 valence electrons. The maximum absolute atomic E-state index is 9.75. The predicted molar refractivity (Wildman–Crippen MR) is 400 cm³/mol. The van der Waals surface area contributed by atoms with Crippen LogP contribution in [0.25, 0.3) is 0 Å². The Morgan fingerprint density at radius 3 is 1.03 bits per heavy atom. The van der Waals surface area contributed by atoms with Gasteiger partial charge in [0.25, 0.3) is 0 Å². The fraction of sp³-hybridized carbons (Fsp3) is 0.382. The molecule has 0 radical (unpaired) electrons. The summed E-state index contributed by atoms with van der Waals surface area (Å²) in [6.07, 6.45) is -4.34. The molecule has 33 N–H and O–H groups in total. The molecule has 6 aromatic rings. The zero-order valence-electron chi connectivity index (χ0n) is 50.0. The number of nitrogens with zero attached hydrogens (tertiary/aromatic N) is 6. The Balaban J connectivity index is -0.000000157. The standard InChI is InChI=1S/3C10H15N3O2.3C10H15N3O.8CH4/c1-6-2-7(4-8(14)3-6)9(15)5-13-10(11)12;1-6-2-3-7(14)4-8(6)9(15)5-13-10(11)12;1-6-2-3-7(4-8(6)14)9(15)5-13-10(11)12;1-7-2-4-8(5-3-7)9(14)6-13-10(11)12;1-7-3-2-4-8(5-7)9(14)6-13-10(11)12;1-7-4-2-3-5-8(7)9(14)6-13-10(11)12;;;;;;;;/h3*2-4,9,14-15H,5H2,1H3,(H4,11,12,13);3*2-5,9,14H,6H2,1H3,(H4,11,12,13);8*1H4/t6*9-;;;;;;;;/m000000......../s1. The molecule has 0 saturated carbocycles. The van der Waals surface area contributed by atoms with Crippen LogP contribution in [0.15, 0.2) is 157 Å². The molecule has 0 unspecified atom stereocenters.